The third-order valence-corrected chi connectivity index (χ3v) is 3.16. The molecule has 0 heterocycles. The van der Waals surface area contributed by atoms with E-state index < -0.39 is 0 Å². The lowest BCUT2D eigenvalue weighted by Gasteiger charge is -2.07. The molecule has 0 radical (unpaired) electrons. The number of carbonyl (C=O) groups is 1. The van der Waals surface area contributed by atoms with Crippen molar-refractivity contribution in [2.45, 2.75) is 13.3 Å². The number of ketones is 1. The topological polar surface area (TPSA) is 43.1 Å². The van der Waals surface area contributed by atoms with Crippen LogP contribution >= 0.6 is 11.6 Å². The Morgan fingerprint density at radius 2 is 1.94 bits per heavy atom. The molecule has 92 valence electrons. The quantitative estimate of drug-likeness (QED) is 0.675. The molecule has 0 bridgehead atoms. The molecular weight excluding hydrogens is 246 g/mol. The maximum Gasteiger partial charge on any atom is 0.167 e. The number of nitrogens with two attached hydrogens (primary N) is 1. The van der Waals surface area contributed by atoms with Crippen molar-refractivity contribution in [2.24, 2.45) is 0 Å². The second-order valence-electron chi connectivity index (χ2n) is 4.25. The summed E-state index contributed by atoms with van der Waals surface area (Å²) in [4.78, 5) is 12.2. The predicted molar refractivity (Wildman–Crippen MR) is 75.1 cm³/mol. The lowest BCUT2D eigenvalue weighted by molar-refractivity contribution is 0.0992. The number of carbonyl (C=O) groups excluding carboxylic acids is 1. The molecule has 2 aromatic carbocycles. The van der Waals surface area contributed by atoms with E-state index in [1.807, 2.05) is 19.1 Å². The normalized spacial score (nSPS) is 10.3. The second kappa shape index (κ2) is 5.23. The summed E-state index contributed by atoms with van der Waals surface area (Å²) in [6.45, 7) is 1.86. The van der Waals surface area contributed by atoms with E-state index in [2.05, 4.69) is 0 Å². The number of rotatable bonds is 3. The molecule has 0 saturated carbocycles. The molecule has 2 N–H and O–H groups in total. The van der Waals surface area contributed by atoms with E-state index in [1.54, 1.807) is 30.3 Å². The molecule has 0 fully saturated rings. The van der Waals surface area contributed by atoms with Crippen LogP contribution in [0.5, 0.6) is 0 Å². The predicted octanol–water partition coefficient (Wildman–Crippen LogP) is 3.66. The second-order valence-corrected chi connectivity index (χ2v) is 4.69. The van der Waals surface area contributed by atoms with Crippen LogP contribution < -0.4 is 5.73 Å². The third-order valence-electron chi connectivity index (χ3n) is 2.93. The van der Waals surface area contributed by atoms with Gasteiger partial charge in [0.05, 0.1) is 0 Å². The van der Waals surface area contributed by atoms with Crippen LogP contribution in [0.1, 0.15) is 21.5 Å². The van der Waals surface area contributed by atoms with Gasteiger partial charge in [0, 0.05) is 22.7 Å². The number of hydrogen-bond acceptors (Lipinski definition) is 2. The van der Waals surface area contributed by atoms with Crippen molar-refractivity contribution >= 4 is 23.1 Å². The van der Waals surface area contributed by atoms with Gasteiger partial charge < -0.3 is 5.73 Å². The van der Waals surface area contributed by atoms with E-state index in [-0.39, 0.29) is 5.78 Å². The lowest BCUT2D eigenvalue weighted by Crippen LogP contribution is -2.07. The van der Waals surface area contributed by atoms with Crippen molar-refractivity contribution in [2.75, 3.05) is 5.73 Å². The first-order valence-corrected chi connectivity index (χ1v) is 6.08. The molecule has 3 heteroatoms. The Balaban J connectivity index is 2.25. The highest BCUT2D eigenvalue weighted by molar-refractivity contribution is 6.30. The van der Waals surface area contributed by atoms with Crippen molar-refractivity contribution < 1.29 is 4.79 Å². The summed E-state index contributed by atoms with van der Waals surface area (Å²) in [6.07, 6.45) is 0.338. The first-order valence-electron chi connectivity index (χ1n) is 5.70. The average molecular weight is 260 g/mol. The highest BCUT2D eigenvalue weighted by Crippen LogP contribution is 2.18. The molecule has 2 rings (SSSR count). The highest BCUT2D eigenvalue weighted by Gasteiger charge is 2.11. The molecule has 0 aliphatic rings. The van der Waals surface area contributed by atoms with Gasteiger partial charge in [-0.3, -0.25) is 4.79 Å². The number of anilines is 1. The van der Waals surface area contributed by atoms with Crippen LogP contribution in [0.2, 0.25) is 5.02 Å². The molecule has 0 amide bonds. The smallest absolute Gasteiger partial charge is 0.167 e. The van der Waals surface area contributed by atoms with Gasteiger partial charge in [0.15, 0.2) is 5.78 Å². The van der Waals surface area contributed by atoms with Crippen molar-refractivity contribution in [3.63, 3.8) is 0 Å². The monoisotopic (exact) mass is 259 g/mol. The molecule has 2 nitrogen and oxygen atoms in total. The third kappa shape index (κ3) is 2.71. The lowest BCUT2D eigenvalue weighted by atomic mass is 9.98. The fraction of sp³-hybridized carbons (Fsp3) is 0.133. The van der Waals surface area contributed by atoms with Crippen LogP contribution in [0.25, 0.3) is 0 Å². The highest BCUT2D eigenvalue weighted by atomic mass is 35.5. The van der Waals surface area contributed by atoms with Gasteiger partial charge in [-0.05, 0) is 36.2 Å². The fourth-order valence-corrected chi connectivity index (χ4v) is 2.10. The molecule has 0 atom stereocenters. The van der Waals surface area contributed by atoms with Crippen LogP contribution in [0.15, 0.2) is 42.5 Å². The first-order chi connectivity index (χ1) is 8.58. The summed E-state index contributed by atoms with van der Waals surface area (Å²) in [7, 11) is 0. The summed E-state index contributed by atoms with van der Waals surface area (Å²) in [6, 6.07) is 12.7. The molecule has 0 aliphatic heterocycles. The van der Waals surface area contributed by atoms with E-state index in [9.17, 15) is 4.79 Å². The first kappa shape index (κ1) is 12.7. The zero-order valence-electron chi connectivity index (χ0n) is 10.1. The molecule has 2 aromatic rings. The maximum absolute atomic E-state index is 12.2. The summed E-state index contributed by atoms with van der Waals surface area (Å²) in [5, 5.41) is 0.643. The number of halogens is 1. The molecule has 0 unspecified atom stereocenters. The van der Waals surface area contributed by atoms with E-state index in [0.717, 1.165) is 11.1 Å². The maximum atomic E-state index is 12.2. The number of benzene rings is 2. The summed E-state index contributed by atoms with van der Waals surface area (Å²) < 4.78 is 0. The minimum absolute atomic E-state index is 0.0575. The Kier molecular flexibility index (Phi) is 3.68. The molecular formula is C15H14ClNO. The zero-order chi connectivity index (χ0) is 13.1. The van der Waals surface area contributed by atoms with Crippen LogP contribution in [0.4, 0.5) is 5.69 Å². The number of hydrogen-bond donors (Lipinski definition) is 1. The van der Waals surface area contributed by atoms with Crippen LogP contribution in [0, 0.1) is 6.92 Å². The SMILES string of the molecule is Cc1c(N)cccc1C(=O)Cc1cccc(Cl)c1. The number of Topliss-reactive ketones (excluding diaryl/α,β-unsaturated/α-hetero) is 1. The summed E-state index contributed by atoms with van der Waals surface area (Å²) >= 11 is 5.90. The molecule has 0 saturated heterocycles. The van der Waals surface area contributed by atoms with Gasteiger partial charge in [0.2, 0.25) is 0 Å². The van der Waals surface area contributed by atoms with E-state index in [4.69, 9.17) is 17.3 Å². The van der Waals surface area contributed by atoms with Gasteiger partial charge in [-0.15, -0.1) is 0 Å². The average Bonchev–Trinajstić information content (AvgIpc) is 2.32. The Bertz CT molecular complexity index is 593. The van der Waals surface area contributed by atoms with Gasteiger partial charge in [-0.25, -0.2) is 0 Å². The number of nitrogen functional groups attached to an aromatic ring is 1. The van der Waals surface area contributed by atoms with Crippen LogP contribution in [-0.2, 0) is 6.42 Å². The van der Waals surface area contributed by atoms with Crippen molar-refractivity contribution in [3.05, 3.63) is 64.2 Å². The summed E-state index contributed by atoms with van der Waals surface area (Å²) in [5.74, 6) is 0.0575. The Labute approximate surface area is 111 Å². The standard InChI is InChI=1S/C15H14ClNO/c1-10-13(6-3-7-14(10)17)15(18)9-11-4-2-5-12(16)8-11/h2-8H,9,17H2,1H3. The minimum atomic E-state index is 0.0575. The Morgan fingerprint density at radius 3 is 2.67 bits per heavy atom. The van der Waals surface area contributed by atoms with E-state index in [0.29, 0.717) is 22.7 Å². The van der Waals surface area contributed by atoms with Gasteiger partial charge in [-0.1, -0.05) is 35.9 Å². The van der Waals surface area contributed by atoms with Gasteiger partial charge in [0.1, 0.15) is 0 Å². The van der Waals surface area contributed by atoms with Crippen molar-refractivity contribution in [3.8, 4) is 0 Å². The van der Waals surface area contributed by atoms with Crippen molar-refractivity contribution in [1.29, 1.82) is 0 Å². The summed E-state index contributed by atoms with van der Waals surface area (Å²) in [5.41, 5.74) is 8.87. The Morgan fingerprint density at radius 1 is 1.22 bits per heavy atom. The largest absolute Gasteiger partial charge is 0.398 e. The Hall–Kier alpha value is -1.80. The molecule has 18 heavy (non-hydrogen) atoms. The minimum Gasteiger partial charge on any atom is -0.398 e. The van der Waals surface area contributed by atoms with E-state index >= 15 is 0 Å². The van der Waals surface area contributed by atoms with Crippen molar-refractivity contribution in [1.82, 2.24) is 0 Å². The van der Waals surface area contributed by atoms with Gasteiger partial charge in [-0.2, -0.15) is 0 Å². The van der Waals surface area contributed by atoms with E-state index in [1.165, 1.54) is 0 Å². The molecule has 0 aromatic heterocycles. The fourth-order valence-electron chi connectivity index (χ4n) is 1.88. The zero-order valence-corrected chi connectivity index (χ0v) is 10.9. The van der Waals surface area contributed by atoms with Gasteiger partial charge >= 0.3 is 0 Å². The van der Waals surface area contributed by atoms with Crippen LogP contribution in [-0.4, -0.2) is 5.78 Å². The molecule has 0 aliphatic carbocycles. The van der Waals surface area contributed by atoms with Gasteiger partial charge in [0.25, 0.3) is 0 Å². The molecule has 0 spiro atoms. The van der Waals surface area contributed by atoms with Crippen LogP contribution in [0.3, 0.4) is 0 Å².